The number of carboxylic acid groups (broad SMARTS) is 1. The summed E-state index contributed by atoms with van der Waals surface area (Å²) in [5.41, 5.74) is 0. The van der Waals surface area contributed by atoms with Crippen LogP contribution in [0.1, 0.15) is 84.0 Å². The van der Waals surface area contributed by atoms with Crippen molar-refractivity contribution in [2.75, 3.05) is 0 Å². The van der Waals surface area contributed by atoms with Gasteiger partial charge in [0.05, 0.1) is 0 Å². The van der Waals surface area contributed by atoms with Crippen LogP contribution in [-0.4, -0.2) is 11.1 Å². The van der Waals surface area contributed by atoms with Gasteiger partial charge in [-0.25, -0.2) is 0 Å². The molecule has 122 valence electrons. The van der Waals surface area contributed by atoms with Crippen molar-refractivity contribution in [3.63, 3.8) is 0 Å². The maximum atomic E-state index is 10.3. The van der Waals surface area contributed by atoms with Gasteiger partial charge in [0.25, 0.3) is 0 Å². The quantitative estimate of drug-likeness (QED) is 0.258. The molecule has 2 nitrogen and oxygen atoms in total. The van der Waals surface area contributed by atoms with E-state index in [2.05, 4.69) is 31.2 Å². The number of unbranched alkanes of at least 4 members (excludes halogenated alkanes) is 8. The fraction of sp³-hybridized carbons (Fsp3) is 0.722. The van der Waals surface area contributed by atoms with Gasteiger partial charge in [0, 0.05) is 27.5 Å². The molecule has 0 atom stereocenters. The average Bonchev–Trinajstić information content (AvgIpc) is 2.43. The summed E-state index contributed by atoms with van der Waals surface area (Å²) >= 11 is 0. The van der Waals surface area contributed by atoms with Gasteiger partial charge < -0.3 is 5.11 Å². The van der Waals surface area contributed by atoms with Gasteiger partial charge in [-0.15, -0.1) is 0 Å². The number of rotatable bonds is 14. The van der Waals surface area contributed by atoms with Crippen LogP contribution in [0.15, 0.2) is 24.3 Å². The van der Waals surface area contributed by atoms with Crippen molar-refractivity contribution < 1.29 is 31.0 Å². The first-order valence-corrected chi connectivity index (χ1v) is 8.29. The third kappa shape index (κ3) is 22.1. The van der Waals surface area contributed by atoms with Crippen molar-refractivity contribution in [3.05, 3.63) is 24.3 Å². The zero-order chi connectivity index (χ0) is 14.9. The predicted octanol–water partition coefficient (Wildman–Crippen LogP) is 5.88. The maximum absolute atomic E-state index is 10.3. The van der Waals surface area contributed by atoms with Gasteiger partial charge >= 0.3 is 5.97 Å². The van der Waals surface area contributed by atoms with Crippen LogP contribution in [-0.2, 0) is 25.9 Å². The third-order valence-corrected chi connectivity index (χ3v) is 3.34. The Labute approximate surface area is 145 Å². The molecule has 0 aliphatic rings. The van der Waals surface area contributed by atoms with E-state index in [1.807, 2.05) is 0 Å². The first-order valence-electron chi connectivity index (χ1n) is 8.29. The van der Waals surface area contributed by atoms with Gasteiger partial charge in [-0.2, -0.15) is 0 Å². The molecule has 1 N–H and O–H groups in total. The Morgan fingerprint density at radius 3 is 1.90 bits per heavy atom. The number of aliphatic carboxylic acids is 1. The Hall–Kier alpha value is -0.362. The number of hydrogen-bond acceptors (Lipinski definition) is 1. The number of carboxylic acids is 1. The molecule has 0 aromatic heterocycles. The smallest absolute Gasteiger partial charge is 0.303 e. The van der Waals surface area contributed by atoms with Crippen LogP contribution < -0.4 is 0 Å². The Balaban J connectivity index is 0. The van der Waals surface area contributed by atoms with Crippen LogP contribution in [0.5, 0.6) is 0 Å². The van der Waals surface area contributed by atoms with E-state index in [4.69, 9.17) is 5.11 Å². The Bertz CT molecular complexity index is 272. The largest absolute Gasteiger partial charge is 0.481 e. The summed E-state index contributed by atoms with van der Waals surface area (Å²) in [7, 11) is 0. The summed E-state index contributed by atoms with van der Waals surface area (Å²) in [4.78, 5) is 10.3. The second kappa shape index (κ2) is 19.6. The van der Waals surface area contributed by atoms with Crippen molar-refractivity contribution >= 4 is 5.97 Å². The molecule has 0 radical (unpaired) electrons. The summed E-state index contributed by atoms with van der Waals surface area (Å²) in [5, 5.41) is 8.50. The summed E-state index contributed by atoms with van der Waals surface area (Å²) < 4.78 is 0. The maximum Gasteiger partial charge on any atom is 0.303 e. The van der Waals surface area contributed by atoms with Gasteiger partial charge in [-0.3, -0.25) is 4.79 Å². The molecule has 0 aliphatic carbocycles. The van der Waals surface area contributed by atoms with E-state index in [-0.39, 0.29) is 21.1 Å². The number of hydrogen-bond donors (Lipinski definition) is 1. The molecule has 0 bridgehead atoms. The Kier molecular flexibility index (Phi) is 21.4. The predicted molar refractivity (Wildman–Crippen MR) is 87.0 cm³/mol. The molecule has 0 rings (SSSR count). The van der Waals surface area contributed by atoms with Crippen molar-refractivity contribution in [2.24, 2.45) is 0 Å². The van der Waals surface area contributed by atoms with Crippen LogP contribution in [0.4, 0.5) is 0 Å². The second-order valence-electron chi connectivity index (χ2n) is 5.37. The molecular weight excluding hydrogens is 432 g/mol. The van der Waals surface area contributed by atoms with E-state index in [1.54, 1.807) is 0 Å². The fourth-order valence-corrected chi connectivity index (χ4v) is 2.09. The van der Waals surface area contributed by atoms with Crippen molar-refractivity contribution in [1.82, 2.24) is 0 Å². The van der Waals surface area contributed by atoms with E-state index in [1.165, 1.54) is 44.9 Å². The molecule has 0 saturated heterocycles. The monoisotopic (exact) mass is 464 g/mol. The SMILES string of the molecule is CCCCC/C=C\C/C=C\CCCCCCCC(=O)O.[W]. The number of carbonyl (C=O) groups is 1. The number of allylic oxidation sites excluding steroid dienone is 4. The first kappa shape index (κ1) is 22.9. The molecule has 21 heavy (non-hydrogen) atoms. The van der Waals surface area contributed by atoms with E-state index in [9.17, 15) is 4.79 Å². The van der Waals surface area contributed by atoms with Crippen molar-refractivity contribution in [1.29, 1.82) is 0 Å². The molecule has 0 saturated carbocycles. The third-order valence-electron chi connectivity index (χ3n) is 3.34. The zero-order valence-corrected chi connectivity index (χ0v) is 16.5. The topological polar surface area (TPSA) is 37.3 Å². The zero-order valence-electron chi connectivity index (χ0n) is 13.6. The first-order chi connectivity index (χ1) is 9.77. The van der Waals surface area contributed by atoms with Gasteiger partial charge in [0.2, 0.25) is 0 Å². The van der Waals surface area contributed by atoms with Gasteiger partial charge in [0.1, 0.15) is 0 Å². The molecule has 0 aromatic rings. The van der Waals surface area contributed by atoms with Crippen LogP contribution >= 0.6 is 0 Å². The molecule has 0 amide bonds. The minimum Gasteiger partial charge on any atom is -0.481 e. The van der Waals surface area contributed by atoms with E-state index in [0.717, 1.165) is 25.7 Å². The minimum absolute atomic E-state index is 0. The second-order valence-corrected chi connectivity index (χ2v) is 5.37. The van der Waals surface area contributed by atoms with Crippen molar-refractivity contribution in [2.45, 2.75) is 84.0 Å². The summed E-state index contributed by atoms with van der Waals surface area (Å²) in [6.07, 6.45) is 22.3. The summed E-state index contributed by atoms with van der Waals surface area (Å²) in [6.45, 7) is 2.23. The van der Waals surface area contributed by atoms with E-state index < -0.39 is 5.97 Å². The molecular formula is C18H32O2W. The molecule has 0 unspecified atom stereocenters. The van der Waals surface area contributed by atoms with E-state index in [0.29, 0.717) is 6.42 Å². The van der Waals surface area contributed by atoms with Gasteiger partial charge in [-0.05, 0) is 38.5 Å². The molecule has 0 aliphatic heterocycles. The van der Waals surface area contributed by atoms with Crippen molar-refractivity contribution in [3.8, 4) is 0 Å². The standard InChI is InChI=1S/C18H32O2.W/c1-2-3-4-5-6-7-8-9-10-11-12-13-14-15-16-17-18(19)20;/h6-7,9-10H,2-5,8,11-17H2,1H3,(H,19,20);/b7-6-,10-9-;. The fourth-order valence-electron chi connectivity index (χ4n) is 2.09. The summed E-state index contributed by atoms with van der Waals surface area (Å²) in [6, 6.07) is 0. The Morgan fingerprint density at radius 2 is 1.33 bits per heavy atom. The molecule has 3 heteroatoms. The van der Waals surface area contributed by atoms with Gasteiger partial charge in [0.15, 0.2) is 0 Å². The van der Waals surface area contributed by atoms with Crippen LogP contribution in [0.2, 0.25) is 0 Å². The summed E-state index contributed by atoms with van der Waals surface area (Å²) in [5.74, 6) is -0.671. The Morgan fingerprint density at radius 1 is 0.810 bits per heavy atom. The van der Waals surface area contributed by atoms with E-state index >= 15 is 0 Å². The normalized spacial score (nSPS) is 11.1. The molecule has 0 heterocycles. The molecule has 0 spiro atoms. The van der Waals surface area contributed by atoms with Gasteiger partial charge in [-0.1, -0.05) is 63.3 Å². The van der Waals surface area contributed by atoms with Crippen LogP contribution in [0.25, 0.3) is 0 Å². The van der Waals surface area contributed by atoms with Crippen LogP contribution in [0, 0.1) is 0 Å². The average molecular weight is 464 g/mol. The molecule has 0 aromatic carbocycles. The van der Waals surface area contributed by atoms with Crippen LogP contribution in [0.3, 0.4) is 0 Å². The minimum atomic E-state index is -0.671. The molecule has 0 fully saturated rings.